The number of rotatable bonds is 11. The van der Waals surface area contributed by atoms with Gasteiger partial charge in [0.05, 0.1) is 23.4 Å². The van der Waals surface area contributed by atoms with Gasteiger partial charge in [0.15, 0.2) is 5.75 Å². The Labute approximate surface area is 220 Å². The summed E-state index contributed by atoms with van der Waals surface area (Å²) in [5, 5.41) is 27.2. The number of nitrogens with one attached hydrogen (secondary N) is 2. The summed E-state index contributed by atoms with van der Waals surface area (Å²) in [5.41, 5.74) is -0.385. The molecule has 0 aliphatic rings. The smallest absolute Gasteiger partial charge is 0.257 e. The summed E-state index contributed by atoms with van der Waals surface area (Å²) in [6, 6.07) is 17.0. The second-order valence-corrected chi connectivity index (χ2v) is 9.23. The maximum absolute atomic E-state index is 13.1. The number of para-hydroxylation sites is 1. The summed E-state index contributed by atoms with van der Waals surface area (Å²) in [7, 11) is 1.58. The Bertz CT molecular complexity index is 1490. The lowest BCUT2D eigenvalue weighted by Crippen LogP contribution is -2.37. The molecule has 1 amide bonds. The van der Waals surface area contributed by atoms with Crippen LogP contribution in [0.25, 0.3) is 0 Å². The molecule has 4 N–H and O–H groups in total. The molecular formula is C29H31N3O6. The molecular weight excluding hydrogens is 486 g/mol. The van der Waals surface area contributed by atoms with E-state index < -0.39 is 22.9 Å². The van der Waals surface area contributed by atoms with E-state index in [1.165, 1.54) is 17.0 Å². The maximum atomic E-state index is 13.1. The third kappa shape index (κ3) is 5.47. The fourth-order valence-electron chi connectivity index (χ4n) is 4.25. The summed E-state index contributed by atoms with van der Waals surface area (Å²) in [6.07, 6.45) is 0.188. The van der Waals surface area contributed by atoms with E-state index in [-0.39, 0.29) is 41.0 Å². The zero-order valence-corrected chi connectivity index (χ0v) is 21.5. The van der Waals surface area contributed by atoms with Gasteiger partial charge in [-0.25, -0.2) is 0 Å². The molecule has 1 aromatic heterocycles. The van der Waals surface area contributed by atoms with Crippen molar-refractivity contribution in [1.29, 1.82) is 0 Å². The van der Waals surface area contributed by atoms with Crippen LogP contribution >= 0.6 is 0 Å². The van der Waals surface area contributed by atoms with Gasteiger partial charge in [0.25, 0.3) is 16.8 Å². The minimum absolute atomic E-state index is 0.0102. The number of aryl methyl sites for hydroxylation is 1. The van der Waals surface area contributed by atoms with E-state index in [4.69, 9.17) is 4.42 Å². The van der Waals surface area contributed by atoms with Gasteiger partial charge in [-0.2, -0.15) is 0 Å². The molecule has 38 heavy (non-hydrogen) atoms. The molecule has 2 atom stereocenters. The first kappa shape index (κ1) is 26.7. The highest BCUT2D eigenvalue weighted by atomic mass is 16.3. The standard InChI is InChI=1S/C29H31N3O6/c1-4-20(23-14-13-17(2)38-23)30-24-25(28(36)27(24)35)31-21-12-8-11-19(26(21)34)29(37)32(3)16-15-22(33)18-9-6-5-7-10-18/h5-14,20,22,30-31,33-34H,4,15-16H2,1-3H3/t20-,22?/m1/s1. The van der Waals surface area contributed by atoms with E-state index in [1.54, 1.807) is 13.1 Å². The van der Waals surface area contributed by atoms with Crippen molar-refractivity contribution in [1.82, 2.24) is 4.90 Å². The molecule has 0 aliphatic carbocycles. The molecule has 1 unspecified atom stereocenters. The van der Waals surface area contributed by atoms with Gasteiger partial charge in [-0.15, -0.1) is 0 Å². The molecule has 0 saturated heterocycles. The molecule has 9 nitrogen and oxygen atoms in total. The second-order valence-electron chi connectivity index (χ2n) is 9.23. The molecule has 0 radical (unpaired) electrons. The highest BCUT2D eigenvalue weighted by Crippen LogP contribution is 2.33. The van der Waals surface area contributed by atoms with Crippen LogP contribution in [0.15, 0.2) is 74.7 Å². The number of aliphatic hydroxyl groups excluding tert-OH is 1. The summed E-state index contributed by atoms with van der Waals surface area (Å²) in [6.45, 7) is 3.99. The molecule has 4 aromatic rings. The van der Waals surface area contributed by atoms with E-state index in [0.29, 0.717) is 18.6 Å². The monoisotopic (exact) mass is 517 g/mol. The number of carbonyl (C=O) groups is 1. The lowest BCUT2D eigenvalue weighted by molar-refractivity contribution is 0.0758. The summed E-state index contributed by atoms with van der Waals surface area (Å²) >= 11 is 0. The molecule has 198 valence electrons. The highest BCUT2D eigenvalue weighted by molar-refractivity contribution is 5.99. The van der Waals surface area contributed by atoms with Crippen molar-refractivity contribution in [3.8, 4) is 5.75 Å². The molecule has 0 saturated carbocycles. The SMILES string of the molecule is CC[C@@H](Nc1c(Nc2cccc(C(=O)N(C)CCC(O)c3ccccc3)c2O)c(=O)c1=O)c1ccc(C)o1. The van der Waals surface area contributed by atoms with Gasteiger partial charge in [0.2, 0.25) is 0 Å². The summed E-state index contributed by atoms with van der Waals surface area (Å²) in [4.78, 5) is 39.2. The average molecular weight is 518 g/mol. The van der Waals surface area contributed by atoms with E-state index >= 15 is 0 Å². The van der Waals surface area contributed by atoms with Crippen molar-refractivity contribution < 1.29 is 19.4 Å². The minimum atomic E-state index is -0.731. The molecule has 0 spiro atoms. The number of amides is 1. The molecule has 9 heteroatoms. The van der Waals surface area contributed by atoms with Crippen LogP contribution < -0.4 is 21.5 Å². The molecule has 0 bridgehead atoms. The second kappa shape index (κ2) is 11.4. The zero-order valence-electron chi connectivity index (χ0n) is 21.5. The molecule has 0 aliphatic heterocycles. The number of nitrogens with zero attached hydrogens (tertiary/aromatic N) is 1. The fourth-order valence-corrected chi connectivity index (χ4v) is 4.25. The van der Waals surface area contributed by atoms with Crippen molar-refractivity contribution in [3.05, 3.63) is 104 Å². The Balaban J connectivity index is 1.48. The predicted molar refractivity (Wildman–Crippen MR) is 146 cm³/mol. The van der Waals surface area contributed by atoms with E-state index in [9.17, 15) is 24.6 Å². The number of furan rings is 1. The molecule has 1 heterocycles. The molecule has 3 aromatic carbocycles. The Morgan fingerprint density at radius 3 is 2.37 bits per heavy atom. The Morgan fingerprint density at radius 1 is 1.00 bits per heavy atom. The third-order valence-corrected chi connectivity index (χ3v) is 6.54. The van der Waals surface area contributed by atoms with Crippen LogP contribution in [-0.2, 0) is 0 Å². The number of hydrogen-bond acceptors (Lipinski definition) is 8. The molecule has 0 fully saturated rings. The van der Waals surface area contributed by atoms with Crippen molar-refractivity contribution in [2.45, 2.75) is 38.8 Å². The van der Waals surface area contributed by atoms with Gasteiger partial charge < -0.3 is 30.2 Å². The maximum Gasteiger partial charge on any atom is 0.257 e. The van der Waals surface area contributed by atoms with Gasteiger partial charge in [0, 0.05) is 13.6 Å². The van der Waals surface area contributed by atoms with Crippen LogP contribution in [0.4, 0.5) is 17.1 Å². The Kier molecular flexibility index (Phi) is 7.97. The third-order valence-electron chi connectivity index (χ3n) is 6.54. The van der Waals surface area contributed by atoms with E-state index in [0.717, 1.165) is 11.3 Å². The van der Waals surface area contributed by atoms with Gasteiger partial charge in [-0.05, 0) is 49.6 Å². The number of phenols is 1. The first-order chi connectivity index (χ1) is 18.2. The average Bonchev–Trinajstić information content (AvgIpc) is 3.37. The quantitative estimate of drug-likeness (QED) is 0.170. The number of anilines is 3. The number of phenolic OH excluding ortho intramolecular Hbond substituents is 1. The predicted octanol–water partition coefficient (Wildman–Crippen LogP) is 4.39. The Hall–Kier alpha value is -4.37. The van der Waals surface area contributed by atoms with Crippen molar-refractivity contribution in [2.24, 2.45) is 0 Å². The number of aliphatic hydroxyl groups is 1. The largest absolute Gasteiger partial charge is 0.505 e. The van der Waals surface area contributed by atoms with Crippen LogP contribution in [-0.4, -0.2) is 34.6 Å². The lowest BCUT2D eigenvalue weighted by atomic mass is 10.1. The van der Waals surface area contributed by atoms with Crippen LogP contribution in [0.1, 0.15) is 59.4 Å². The van der Waals surface area contributed by atoms with Crippen molar-refractivity contribution in [2.75, 3.05) is 24.2 Å². The van der Waals surface area contributed by atoms with E-state index in [1.807, 2.05) is 56.3 Å². The zero-order chi connectivity index (χ0) is 27.4. The summed E-state index contributed by atoms with van der Waals surface area (Å²) in [5.74, 6) is 0.573. The highest BCUT2D eigenvalue weighted by Gasteiger charge is 2.26. The van der Waals surface area contributed by atoms with Gasteiger partial charge in [-0.1, -0.05) is 43.3 Å². The topological polar surface area (TPSA) is 132 Å². The van der Waals surface area contributed by atoms with Crippen LogP contribution in [0.2, 0.25) is 0 Å². The van der Waals surface area contributed by atoms with Crippen molar-refractivity contribution >= 4 is 23.0 Å². The lowest BCUT2D eigenvalue weighted by Gasteiger charge is -2.22. The minimum Gasteiger partial charge on any atom is -0.505 e. The van der Waals surface area contributed by atoms with Crippen LogP contribution in [0.3, 0.4) is 0 Å². The van der Waals surface area contributed by atoms with Gasteiger partial charge in [-0.3, -0.25) is 14.4 Å². The number of benzene rings is 2. The van der Waals surface area contributed by atoms with Gasteiger partial charge in [0.1, 0.15) is 22.9 Å². The normalized spacial score (nSPS) is 12.7. The molecule has 4 rings (SSSR count). The van der Waals surface area contributed by atoms with Gasteiger partial charge >= 0.3 is 0 Å². The number of carbonyl (C=O) groups excluding carboxylic acids is 1. The first-order valence-electron chi connectivity index (χ1n) is 12.4. The number of hydrogen-bond donors (Lipinski definition) is 4. The van der Waals surface area contributed by atoms with Crippen LogP contribution in [0, 0.1) is 6.92 Å². The van der Waals surface area contributed by atoms with E-state index in [2.05, 4.69) is 10.6 Å². The fraction of sp³-hybridized carbons (Fsp3) is 0.276. The first-order valence-corrected chi connectivity index (χ1v) is 12.4. The Morgan fingerprint density at radius 2 is 1.71 bits per heavy atom. The van der Waals surface area contributed by atoms with Crippen LogP contribution in [0.5, 0.6) is 5.75 Å². The number of aromatic hydroxyl groups is 1. The summed E-state index contributed by atoms with van der Waals surface area (Å²) < 4.78 is 5.67. The van der Waals surface area contributed by atoms with Crippen molar-refractivity contribution in [3.63, 3.8) is 0 Å².